The van der Waals surface area contributed by atoms with Gasteiger partial charge in [-0.25, -0.2) is 9.18 Å². The maximum absolute atomic E-state index is 12.6. The molecule has 0 aliphatic heterocycles. The van der Waals surface area contributed by atoms with Crippen LogP contribution in [0.5, 0.6) is 0 Å². The molecule has 5 heteroatoms. The Labute approximate surface area is 93.5 Å². The molecule has 0 radical (unpaired) electrons. The molecule has 4 nitrogen and oxygen atoms in total. The highest BCUT2D eigenvalue weighted by Crippen LogP contribution is 2.07. The second-order valence-electron chi connectivity index (χ2n) is 3.37. The van der Waals surface area contributed by atoms with Crippen molar-refractivity contribution in [2.45, 2.75) is 12.8 Å². The van der Waals surface area contributed by atoms with Crippen molar-refractivity contribution in [3.8, 4) is 0 Å². The molecule has 1 rings (SSSR count). The summed E-state index contributed by atoms with van der Waals surface area (Å²) in [4.78, 5) is 10.1. The molecule has 1 amide bonds. The quantitative estimate of drug-likeness (QED) is 0.652. The number of hydrogen-bond donors (Lipinski definition) is 3. The fourth-order valence-electron chi connectivity index (χ4n) is 1.25. The van der Waals surface area contributed by atoms with Gasteiger partial charge in [-0.1, -0.05) is 0 Å². The summed E-state index contributed by atoms with van der Waals surface area (Å²) in [6.07, 6.45) is 0.643. The predicted octanol–water partition coefficient (Wildman–Crippen LogP) is 2.29. The van der Waals surface area contributed by atoms with Crippen molar-refractivity contribution in [1.29, 1.82) is 0 Å². The molecule has 1 aromatic carbocycles. The van der Waals surface area contributed by atoms with Gasteiger partial charge in [0.05, 0.1) is 0 Å². The van der Waals surface area contributed by atoms with Crippen molar-refractivity contribution >= 4 is 11.8 Å². The van der Waals surface area contributed by atoms with Crippen LogP contribution < -0.4 is 10.6 Å². The number of halogens is 1. The molecule has 0 spiro atoms. The van der Waals surface area contributed by atoms with Gasteiger partial charge in [0.25, 0.3) is 0 Å². The fourth-order valence-corrected chi connectivity index (χ4v) is 1.25. The molecule has 3 N–H and O–H groups in total. The van der Waals surface area contributed by atoms with E-state index in [4.69, 9.17) is 5.11 Å². The van der Waals surface area contributed by atoms with Gasteiger partial charge < -0.3 is 15.7 Å². The van der Waals surface area contributed by atoms with Gasteiger partial charge in [0, 0.05) is 18.8 Å². The Kier molecular flexibility index (Phi) is 5.11. The third-order valence-electron chi connectivity index (χ3n) is 2.05. The zero-order valence-corrected chi connectivity index (χ0v) is 8.87. The molecule has 0 aliphatic carbocycles. The number of carbonyl (C=O) groups is 1. The van der Waals surface area contributed by atoms with Crippen LogP contribution in [0, 0.1) is 5.82 Å². The van der Waals surface area contributed by atoms with Gasteiger partial charge in [-0.15, -0.1) is 0 Å². The second-order valence-corrected chi connectivity index (χ2v) is 3.37. The Morgan fingerprint density at radius 2 is 1.81 bits per heavy atom. The number of anilines is 1. The summed E-state index contributed by atoms with van der Waals surface area (Å²) in [5.41, 5.74) is 0.868. The van der Waals surface area contributed by atoms with Crippen molar-refractivity contribution in [1.82, 2.24) is 5.32 Å². The number of carboxylic acid groups (broad SMARTS) is 1. The SMILES string of the molecule is O=C(O)NCCCCNc1ccc(F)cc1. The van der Waals surface area contributed by atoms with Crippen LogP contribution in [-0.4, -0.2) is 24.3 Å². The molecule has 0 heterocycles. The van der Waals surface area contributed by atoms with Crippen molar-refractivity contribution < 1.29 is 14.3 Å². The highest BCUT2D eigenvalue weighted by Gasteiger charge is 1.94. The Morgan fingerprint density at radius 1 is 1.19 bits per heavy atom. The van der Waals surface area contributed by atoms with E-state index in [1.54, 1.807) is 12.1 Å². The van der Waals surface area contributed by atoms with Gasteiger partial charge in [0.2, 0.25) is 0 Å². The summed E-state index contributed by atoms with van der Waals surface area (Å²) in [6, 6.07) is 6.14. The summed E-state index contributed by atoms with van der Waals surface area (Å²) in [6.45, 7) is 1.20. The number of hydrogen-bond acceptors (Lipinski definition) is 2. The monoisotopic (exact) mass is 226 g/mol. The Morgan fingerprint density at radius 3 is 2.44 bits per heavy atom. The molecular weight excluding hydrogens is 211 g/mol. The molecule has 88 valence electrons. The third-order valence-corrected chi connectivity index (χ3v) is 2.05. The lowest BCUT2D eigenvalue weighted by Crippen LogP contribution is -2.22. The molecule has 0 bridgehead atoms. The average Bonchev–Trinajstić information content (AvgIpc) is 2.25. The summed E-state index contributed by atoms with van der Waals surface area (Å²) in [5, 5.41) is 13.7. The van der Waals surface area contributed by atoms with E-state index in [9.17, 15) is 9.18 Å². The standard InChI is InChI=1S/C11H15FN2O2/c12-9-3-5-10(6-4-9)13-7-1-2-8-14-11(15)16/h3-6,13-14H,1-2,7-8H2,(H,15,16). The first-order chi connectivity index (χ1) is 7.68. The minimum atomic E-state index is -0.994. The van der Waals surface area contributed by atoms with E-state index in [2.05, 4.69) is 10.6 Å². The van der Waals surface area contributed by atoms with Gasteiger partial charge >= 0.3 is 6.09 Å². The maximum atomic E-state index is 12.6. The minimum absolute atomic E-state index is 0.254. The van der Waals surface area contributed by atoms with Crippen LogP contribution in [0.25, 0.3) is 0 Å². The number of rotatable bonds is 6. The van der Waals surface area contributed by atoms with Gasteiger partial charge in [-0.05, 0) is 37.1 Å². The molecule has 0 saturated carbocycles. The third kappa shape index (κ3) is 5.19. The van der Waals surface area contributed by atoms with Gasteiger partial charge in [-0.2, -0.15) is 0 Å². The lowest BCUT2D eigenvalue weighted by atomic mass is 10.2. The van der Waals surface area contributed by atoms with Crippen molar-refractivity contribution in [2.75, 3.05) is 18.4 Å². The van der Waals surface area contributed by atoms with Crippen LogP contribution in [0.4, 0.5) is 14.9 Å². The molecule has 16 heavy (non-hydrogen) atoms. The largest absolute Gasteiger partial charge is 0.465 e. The van der Waals surface area contributed by atoms with Crippen LogP contribution in [0.1, 0.15) is 12.8 Å². The molecular formula is C11H15FN2O2. The topological polar surface area (TPSA) is 61.4 Å². The van der Waals surface area contributed by atoms with E-state index in [0.717, 1.165) is 25.1 Å². The second kappa shape index (κ2) is 6.66. The van der Waals surface area contributed by atoms with Crippen LogP contribution in [-0.2, 0) is 0 Å². The van der Waals surface area contributed by atoms with E-state index in [1.807, 2.05) is 0 Å². The van der Waals surface area contributed by atoms with Gasteiger partial charge in [0.1, 0.15) is 5.82 Å². The number of amides is 1. The van der Waals surface area contributed by atoms with Crippen molar-refractivity contribution in [2.24, 2.45) is 0 Å². The Bertz CT molecular complexity index is 327. The van der Waals surface area contributed by atoms with Crippen LogP contribution >= 0.6 is 0 Å². The first-order valence-corrected chi connectivity index (χ1v) is 5.15. The summed E-state index contributed by atoms with van der Waals surface area (Å²) < 4.78 is 12.6. The van der Waals surface area contributed by atoms with Crippen molar-refractivity contribution in [3.05, 3.63) is 30.1 Å². The van der Waals surface area contributed by atoms with E-state index >= 15 is 0 Å². The maximum Gasteiger partial charge on any atom is 0.404 e. The van der Waals surface area contributed by atoms with E-state index < -0.39 is 6.09 Å². The van der Waals surface area contributed by atoms with E-state index in [-0.39, 0.29) is 5.82 Å². The molecule has 1 aromatic rings. The van der Waals surface area contributed by atoms with Crippen LogP contribution in [0.3, 0.4) is 0 Å². The highest BCUT2D eigenvalue weighted by molar-refractivity contribution is 5.64. The summed E-state index contributed by atoms with van der Waals surface area (Å²) >= 11 is 0. The first-order valence-electron chi connectivity index (χ1n) is 5.15. The van der Waals surface area contributed by atoms with Crippen LogP contribution in [0.15, 0.2) is 24.3 Å². The molecule has 0 unspecified atom stereocenters. The Hall–Kier alpha value is -1.78. The lowest BCUT2D eigenvalue weighted by Gasteiger charge is -2.05. The average molecular weight is 226 g/mol. The molecule has 0 atom stereocenters. The zero-order chi connectivity index (χ0) is 11.8. The van der Waals surface area contributed by atoms with Gasteiger partial charge in [-0.3, -0.25) is 0 Å². The molecule has 0 fully saturated rings. The Balaban J connectivity index is 2.07. The molecule has 0 saturated heterocycles. The van der Waals surface area contributed by atoms with Crippen LogP contribution in [0.2, 0.25) is 0 Å². The minimum Gasteiger partial charge on any atom is -0.465 e. The lowest BCUT2D eigenvalue weighted by molar-refractivity contribution is 0.194. The first kappa shape index (κ1) is 12.3. The number of benzene rings is 1. The molecule has 0 aliphatic rings. The van der Waals surface area contributed by atoms with Crippen molar-refractivity contribution in [3.63, 3.8) is 0 Å². The number of unbranched alkanes of at least 4 members (excludes halogenated alkanes) is 1. The summed E-state index contributed by atoms with van der Waals surface area (Å²) in [7, 11) is 0. The normalized spacial score (nSPS) is 9.81. The highest BCUT2D eigenvalue weighted by atomic mass is 19.1. The van der Waals surface area contributed by atoms with E-state index in [1.165, 1.54) is 12.1 Å². The molecule has 0 aromatic heterocycles. The zero-order valence-electron chi connectivity index (χ0n) is 8.87. The van der Waals surface area contributed by atoms with E-state index in [0.29, 0.717) is 6.54 Å². The predicted molar refractivity (Wildman–Crippen MR) is 60.2 cm³/mol. The van der Waals surface area contributed by atoms with Gasteiger partial charge in [0.15, 0.2) is 0 Å². The number of nitrogens with one attached hydrogen (secondary N) is 2. The smallest absolute Gasteiger partial charge is 0.404 e. The fraction of sp³-hybridized carbons (Fsp3) is 0.364. The summed E-state index contributed by atoms with van der Waals surface area (Å²) in [5.74, 6) is -0.254.